The zero-order valence-corrected chi connectivity index (χ0v) is 12.2. The normalized spacial score (nSPS) is 10.0. The van der Waals surface area contributed by atoms with E-state index < -0.39 is 0 Å². The lowest BCUT2D eigenvalue weighted by Gasteiger charge is -2.25. The van der Waals surface area contributed by atoms with Gasteiger partial charge in [0.05, 0.1) is 0 Å². The van der Waals surface area contributed by atoms with Crippen LogP contribution in [0.4, 0.5) is 5.69 Å². The second kappa shape index (κ2) is 7.98. The first-order valence-corrected chi connectivity index (χ1v) is 6.19. The number of nitrogen functional groups attached to an aromatic ring is 1. The fourth-order valence-electron chi connectivity index (χ4n) is 1.98. The minimum atomic E-state index is 0. The third kappa shape index (κ3) is 4.57. The van der Waals surface area contributed by atoms with Crippen molar-refractivity contribution in [3.63, 3.8) is 0 Å². The molecule has 0 saturated heterocycles. The fraction of sp³-hybridized carbons (Fsp3) is 0.500. The second-order valence-corrected chi connectivity index (χ2v) is 4.47. The Morgan fingerprint density at radius 2 is 1.94 bits per heavy atom. The van der Waals surface area contributed by atoms with Crippen molar-refractivity contribution in [1.29, 1.82) is 0 Å². The molecule has 3 nitrogen and oxygen atoms in total. The van der Waals surface area contributed by atoms with Gasteiger partial charge >= 0.3 is 0 Å². The molecule has 0 aliphatic heterocycles. The maximum Gasteiger partial charge on any atom is 0.223 e. The number of hydrogen-bond donors (Lipinski definition) is 1. The van der Waals surface area contributed by atoms with Crippen molar-refractivity contribution in [2.24, 2.45) is 0 Å². The van der Waals surface area contributed by atoms with Crippen LogP contribution in [0.3, 0.4) is 0 Å². The number of benzene rings is 1. The summed E-state index contributed by atoms with van der Waals surface area (Å²) >= 11 is 0. The molecule has 0 atom stereocenters. The van der Waals surface area contributed by atoms with Crippen LogP contribution in [-0.4, -0.2) is 23.4 Å². The molecule has 0 saturated carbocycles. The third-order valence-electron chi connectivity index (χ3n) is 2.95. The molecule has 1 aromatic carbocycles. The molecule has 1 amide bonds. The zero-order chi connectivity index (χ0) is 12.8. The monoisotopic (exact) mass is 270 g/mol. The molecule has 0 aromatic heterocycles. The first kappa shape index (κ1) is 16.8. The van der Waals surface area contributed by atoms with Crippen molar-refractivity contribution in [3.05, 3.63) is 29.8 Å². The Kier molecular flexibility index (Phi) is 7.44. The van der Waals surface area contributed by atoms with Crippen LogP contribution in [0, 0.1) is 0 Å². The van der Waals surface area contributed by atoms with Gasteiger partial charge < -0.3 is 10.6 Å². The molecule has 4 heteroatoms. The summed E-state index contributed by atoms with van der Waals surface area (Å²) in [4.78, 5) is 13.9. The molecule has 1 rings (SSSR count). The summed E-state index contributed by atoms with van der Waals surface area (Å²) in [7, 11) is 0. The number of halogens is 1. The summed E-state index contributed by atoms with van der Waals surface area (Å²) in [6, 6.07) is 7.98. The van der Waals surface area contributed by atoms with E-state index in [9.17, 15) is 4.79 Å². The highest BCUT2D eigenvalue weighted by molar-refractivity contribution is 5.85. The highest BCUT2D eigenvalue weighted by Gasteiger charge is 2.14. The minimum Gasteiger partial charge on any atom is -0.399 e. The van der Waals surface area contributed by atoms with Gasteiger partial charge in [0.1, 0.15) is 0 Å². The highest BCUT2D eigenvalue weighted by Crippen LogP contribution is 2.13. The Labute approximate surface area is 116 Å². The Morgan fingerprint density at radius 3 is 2.44 bits per heavy atom. The van der Waals surface area contributed by atoms with Crippen molar-refractivity contribution in [1.82, 2.24) is 4.90 Å². The van der Waals surface area contributed by atoms with Crippen LogP contribution in [0.5, 0.6) is 0 Å². The lowest BCUT2D eigenvalue weighted by Crippen LogP contribution is -2.36. The van der Waals surface area contributed by atoms with E-state index >= 15 is 0 Å². The van der Waals surface area contributed by atoms with Crippen molar-refractivity contribution in [2.45, 2.75) is 39.7 Å². The van der Waals surface area contributed by atoms with Gasteiger partial charge in [0.25, 0.3) is 0 Å². The molecule has 0 unspecified atom stereocenters. The van der Waals surface area contributed by atoms with Gasteiger partial charge in [-0.1, -0.05) is 18.2 Å². The third-order valence-corrected chi connectivity index (χ3v) is 2.95. The van der Waals surface area contributed by atoms with Crippen molar-refractivity contribution >= 4 is 24.0 Å². The Bertz CT molecular complexity index is 380. The van der Waals surface area contributed by atoms with Crippen LogP contribution >= 0.6 is 12.4 Å². The number of amides is 1. The van der Waals surface area contributed by atoms with Crippen LogP contribution in [0.25, 0.3) is 0 Å². The van der Waals surface area contributed by atoms with E-state index in [4.69, 9.17) is 5.73 Å². The van der Waals surface area contributed by atoms with Crippen molar-refractivity contribution in [2.75, 3.05) is 12.3 Å². The van der Waals surface area contributed by atoms with Gasteiger partial charge in [-0.25, -0.2) is 0 Å². The number of aryl methyl sites for hydroxylation is 1. The number of nitrogens with two attached hydrogens (primary N) is 1. The zero-order valence-electron chi connectivity index (χ0n) is 11.3. The number of rotatable bonds is 5. The molecule has 0 radical (unpaired) electrons. The number of hydrogen-bond acceptors (Lipinski definition) is 2. The number of para-hydroxylation sites is 1. The molecule has 0 heterocycles. The summed E-state index contributed by atoms with van der Waals surface area (Å²) in [5.74, 6) is 0.200. The Morgan fingerprint density at radius 1 is 1.33 bits per heavy atom. The van der Waals surface area contributed by atoms with E-state index in [0.29, 0.717) is 12.8 Å². The van der Waals surface area contributed by atoms with E-state index in [-0.39, 0.29) is 24.4 Å². The van der Waals surface area contributed by atoms with E-state index in [1.54, 1.807) is 0 Å². The van der Waals surface area contributed by atoms with Gasteiger partial charge in [-0.05, 0) is 38.8 Å². The number of nitrogens with zero attached hydrogens (tertiary/aromatic N) is 1. The van der Waals surface area contributed by atoms with Crippen LogP contribution in [0.1, 0.15) is 32.8 Å². The summed E-state index contributed by atoms with van der Waals surface area (Å²) in [5, 5.41) is 0. The van der Waals surface area contributed by atoms with E-state index in [1.165, 1.54) is 0 Å². The molecule has 102 valence electrons. The van der Waals surface area contributed by atoms with Crippen LogP contribution in [0.2, 0.25) is 0 Å². The van der Waals surface area contributed by atoms with E-state index in [1.807, 2.05) is 49.9 Å². The minimum absolute atomic E-state index is 0. The summed E-state index contributed by atoms with van der Waals surface area (Å²) in [5.41, 5.74) is 7.68. The standard InChI is InChI=1S/C14H22N2O.ClH/c1-4-16(11(2)3)14(17)10-9-12-7-5-6-8-13(12)15;/h5-8,11H,4,9-10,15H2,1-3H3;1H. The average molecular weight is 271 g/mol. The average Bonchev–Trinajstić information content (AvgIpc) is 2.28. The second-order valence-electron chi connectivity index (χ2n) is 4.47. The molecular weight excluding hydrogens is 248 g/mol. The quantitative estimate of drug-likeness (QED) is 0.837. The Balaban J connectivity index is 0.00000289. The topological polar surface area (TPSA) is 46.3 Å². The predicted molar refractivity (Wildman–Crippen MR) is 78.9 cm³/mol. The first-order chi connectivity index (χ1) is 8.06. The van der Waals surface area contributed by atoms with Gasteiger partial charge in [0, 0.05) is 24.7 Å². The lowest BCUT2D eigenvalue weighted by molar-refractivity contribution is -0.132. The SMILES string of the molecule is CCN(C(=O)CCc1ccccc1N)C(C)C.Cl. The highest BCUT2D eigenvalue weighted by atomic mass is 35.5. The number of anilines is 1. The van der Waals surface area contributed by atoms with Crippen LogP contribution < -0.4 is 5.73 Å². The van der Waals surface area contributed by atoms with Crippen LogP contribution in [0.15, 0.2) is 24.3 Å². The van der Waals surface area contributed by atoms with Gasteiger partial charge in [0.15, 0.2) is 0 Å². The molecule has 0 aliphatic carbocycles. The molecular formula is C14H23ClN2O. The molecule has 1 aromatic rings. The first-order valence-electron chi connectivity index (χ1n) is 6.19. The smallest absolute Gasteiger partial charge is 0.223 e. The molecule has 0 spiro atoms. The molecule has 0 aliphatic rings. The Hall–Kier alpha value is -1.22. The number of carbonyl (C=O) groups excluding carboxylic acids is 1. The van der Waals surface area contributed by atoms with Crippen molar-refractivity contribution < 1.29 is 4.79 Å². The van der Waals surface area contributed by atoms with E-state index in [0.717, 1.165) is 17.8 Å². The molecule has 2 N–H and O–H groups in total. The largest absolute Gasteiger partial charge is 0.399 e. The lowest BCUT2D eigenvalue weighted by atomic mass is 10.1. The maximum absolute atomic E-state index is 12.0. The van der Waals surface area contributed by atoms with Crippen molar-refractivity contribution in [3.8, 4) is 0 Å². The summed E-state index contributed by atoms with van der Waals surface area (Å²) in [6.07, 6.45) is 1.25. The van der Waals surface area contributed by atoms with E-state index in [2.05, 4.69) is 0 Å². The fourth-order valence-corrected chi connectivity index (χ4v) is 1.98. The van der Waals surface area contributed by atoms with Gasteiger partial charge in [-0.3, -0.25) is 4.79 Å². The molecule has 18 heavy (non-hydrogen) atoms. The van der Waals surface area contributed by atoms with Gasteiger partial charge in [0.2, 0.25) is 5.91 Å². The molecule has 0 fully saturated rings. The number of carbonyl (C=O) groups is 1. The summed E-state index contributed by atoms with van der Waals surface area (Å²) < 4.78 is 0. The van der Waals surface area contributed by atoms with Gasteiger partial charge in [-0.15, -0.1) is 12.4 Å². The molecule has 0 bridgehead atoms. The maximum atomic E-state index is 12.0. The van der Waals surface area contributed by atoms with Gasteiger partial charge in [-0.2, -0.15) is 0 Å². The van der Waals surface area contributed by atoms with Crippen LogP contribution in [-0.2, 0) is 11.2 Å². The predicted octanol–water partition coefficient (Wildman–Crippen LogP) is 2.88. The summed E-state index contributed by atoms with van der Waals surface area (Å²) in [6.45, 7) is 6.85.